The zero-order valence-corrected chi connectivity index (χ0v) is 14.4. The molecule has 0 saturated carbocycles. The van der Waals surface area contributed by atoms with Crippen molar-refractivity contribution in [2.45, 2.75) is 19.5 Å². The number of fused-ring (bicyclic) bond motifs is 1. The molecule has 3 rings (SSSR count). The summed E-state index contributed by atoms with van der Waals surface area (Å²) in [5, 5.41) is 3.53. The van der Waals surface area contributed by atoms with Gasteiger partial charge in [-0.05, 0) is 19.1 Å². The maximum absolute atomic E-state index is 12.2. The Hall–Kier alpha value is -2.19. The first-order chi connectivity index (χ1) is 11.5. The predicted octanol–water partition coefficient (Wildman–Crippen LogP) is 0.997. The van der Waals surface area contributed by atoms with Gasteiger partial charge in [0.2, 0.25) is 5.91 Å². The highest BCUT2D eigenvalue weighted by Gasteiger charge is 2.25. The SMILES string of the molecule is CC(NC(N)=O)C(=O)N1CCN(Cc2nc3ccccc3s2)CC1. The number of carbonyl (C=O) groups excluding carboxylic acids is 2. The number of rotatable bonds is 4. The van der Waals surface area contributed by atoms with E-state index in [2.05, 4.69) is 21.3 Å². The summed E-state index contributed by atoms with van der Waals surface area (Å²) in [6.07, 6.45) is 0. The Morgan fingerprint density at radius 2 is 2.00 bits per heavy atom. The summed E-state index contributed by atoms with van der Waals surface area (Å²) in [5.74, 6) is -0.0894. The van der Waals surface area contributed by atoms with Crippen molar-refractivity contribution in [2.24, 2.45) is 5.73 Å². The van der Waals surface area contributed by atoms with Crippen LogP contribution < -0.4 is 11.1 Å². The molecule has 2 aromatic rings. The van der Waals surface area contributed by atoms with Crippen LogP contribution in [0.5, 0.6) is 0 Å². The molecule has 0 spiro atoms. The van der Waals surface area contributed by atoms with E-state index >= 15 is 0 Å². The number of hydrogen-bond acceptors (Lipinski definition) is 5. The van der Waals surface area contributed by atoms with Crippen LogP contribution in [0.4, 0.5) is 4.79 Å². The van der Waals surface area contributed by atoms with Crippen molar-refractivity contribution in [3.05, 3.63) is 29.3 Å². The number of benzene rings is 1. The maximum Gasteiger partial charge on any atom is 0.312 e. The van der Waals surface area contributed by atoms with Crippen LogP contribution in [0.15, 0.2) is 24.3 Å². The van der Waals surface area contributed by atoms with Gasteiger partial charge in [0, 0.05) is 26.2 Å². The molecule has 3 amide bonds. The van der Waals surface area contributed by atoms with Crippen molar-refractivity contribution in [2.75, 3.05) is 26.2 Å². The molecule has 24 heavy (non-hydrogen) atoms. The number of nitrogens with two attached hydrogens (primary N) is 1. The van der Waals surface area contributed by atoms with Gasteiger partial charge in [-0.2, -0.15) is 0 Å². The molecular weight excluding hydrogens is 326 g/mol. The van der Waals surface area contributed by atoms with Crippen molar-refractivity contribution in [3.8, 4) is 0 Å². The van der Waals surface area contributed by atoms with Crippen LogP contribution in [0.1, 0.15) is 11.9 Å². The standard InChI is InChI=1S/C16H21N5O2S/c1-11(18-16(17)23)15(22)21-8-6-20(7-9-21)10-14-19-12-4-2-3-5-13(12)24-14/h2-5,11H,6-10H2,1H3,(H3,17,18,23). The first-order valence-corrected chi connectivity index (χ1v) is 8.76. The fourth-order valence-electron chi connectivity index (χ4n) is 2.85. The third-order valence-electron chi connectivity index (χ3n) is 4.11. The van der Waals surface area contributed by atoms with Gasteiger partial charge >= 0.3 is 6.03 Å². The summed E-state index contributed by atoms with van der Waals surface area (Å²) in [5.41, 5.74) is 6.11. The second-order valence-electron chi connectivity index (χ2n) is 5.91. The van der Waals surface area contributed by atoms with Crippen molar-refractivity contribution in [1.82, 2.24) is 20.1 Å². The highest BCUT2D eigenvalue weighted by molar-refractivity contribution is 7.18. The Morgan fingerprint density at radius 1 is 1.29 bits per heavy atom. The molecule has 1 saturated heterocycles. The lowest BCUT2D eigenvalue weighted by molar-refractivity contribution is -0.134. The highest BCUT2D eigenvalue weighted by Crippen LogP contribution is 2.23. The molecule has 1 atom stereocenters. The van der Waals surface area contributed by atoms with Gasteiger partial charge in [-0.25, -0.2) is 9.78 Å². The molecular formula is C16H21N5O2S. The van der Waals surface area contributed by atoms with Crippen LogP contribution in [-0.4, -0.2) is 58.9 Å². The Morgan fingerprint density at radius 3 is 2.67 bits per heavy atom. The maximum atomic E-state index is 12.2. The first kappa shape index (κ1) is 16.7. The van der Waals surface area contributed by atoms with E-state index in [9.17, 15) is 9.59 Å². The van der Waals surface area contributed by atoms with Gasteiger partial charge in [-0.1, -0.05) is 12.1 Å². The largest absolute Gasteiger partial charge is 0.352 e. The Kier molecular flexibility index (Phi) is 4.96. The number of carbonyl (C=O) groups is 2. The molecule has 128 valence electrons. The van der Waals surface area contributed by atoms with Crippen molar-refractivity contribution >= 4 is 33.5 Å². The van der Waals surface area contributed by atoms with Crippen LogP contribution >= 0.6 is 11.3 Å². The lowest BCUT2D eigenvalue weighted by Crippen LogP contribution is -2.54. The Labute approximate surface area is 144 Å². The molecule has 1 fully saturated rings. The molecule has 7 nitrogen and oxygen atoms in total. The smallest absolute Gasteiger partial charge is 0.312 e. The minimum absolute atomic E-state index is 0.0894. The van der Waals surface area contributed by atoms with Crippen molar-refractivity contribution < 1.29 is 9.59 Å². The van der Waals surface area contributed by atoms with E-state index in [0.717, 1.165) is 30.2 Å². The third-order valence-corrected chi connectivity index (χ3v) is 5.13. The lowest BCUT2D eigenvalue weighted by atomic mass is 10.2. The fraction of sp³-hybridized carbons (Fsp3) is 0.438. The van der Waals surface area contributed by atoms with E-state index in [1.807, 2.05) is 18.2 Å². The second kappa shape index (κ2) is 7.14. The monoisotopic (exact) mass is 347 g/mol. The molecule has 0 radical (unpaired) electrons. The molecule has 8 heteroatoms. The van der Waals surface area contributed by atoms with Gasteiger partial charge < -0.3 is 16.0 Å². The average molecular weight is 347 g/mol. The van der Waals surface area contributed by atoms with Crippen molar-refractivity contribution in [3.63, 3.8) is 0 Å². The number of urea groups is 1. The van der Waals surface area contributed by atoms with Crippen LogP contribution in [0.25, 0.3) is 10.2 Å². The minimum atomic E-state index is -0.676. The molecule has 0 aliphatic carbocycles. The highest BCUT2D eigenvalue weighted by atomic mass is 32.1. The van der Waals surface area contributed by atoms with Crippen molar-refractivity contribution in [1.29, 1.82) is 0 Å². The molecule has 1 aliphatic rings. The number of piperazine rings is 1. The van der Waals surface area contributed by atoms with Gasteiger partial charge in [0.1, 0.15) is 11.0 Å². The zero-order valence-electron chi connectivity index (χ0n) is 13.6. The number of nitrogens with zero attached hydrogens (tertiary/aromatic N) is 3. The first-order valence-electron chi connectivity index (χ1n) is 7.94. The van der Waals surface area contributed by atoms with Gasteiger partial charge in [-0.15, -0.1) is 11.3 Å². The van der Waals surface area contributed by atoms with Crippen LogP contribution in [0.2, 0.25) is 0 Å². The van der Waals surface area contributed by atoms with E-state index in [1.54, 1.807) is 23.2 Å². The number of aromatic nitrogens is 1. The summed E-state index contributed by atoms with van der Waals surface area (Å²) >= 11 is 1.72. The normalized spacial score (nSPS) is 17.0. The third kappa shape index (κ3) is 3.82. The number of amides is 3. The van der Waals surface area contributed by atoms with E-state index in [-0.39, 0.29) is 5.91 Å². The van der Waals surface area contributed by atoms with Crippen LogP contribution in [0.3, 0.4) is 0 Å². The van der Waals surface area contributed by atoms with Gasteiger partial charge in [0.05, 0.1) is 16.8 Å². The van der Waals surface area contributed by atoms with E-state index < -0.39 is 12.1 Å². The number of thiazole rings is 1. The summed E-state index contributed by atoms with van der Waals surface area (Å²) < 4.78 is 1.20. The molecule has 1 unspecified atom stereocenters. The van der Waals surface area contributed by atoms with Gasteiger partial charge in [0.25, 0.3) is 0 Å². The quantitative estimate of drug-likeness (QED) is 0.863. The number of hydrogen-bond donors (Lipinski definition) is 2. The van der Waals surface area contributed by atoms with Crippen LogP contribution in [-0.2, 0) is 11.3 Å². The predicted molar refractivity (Wildman–Crippen MR) is 93.7 cm³/mol. The molecule has 2 heterocycles. The molecule has 1 aliphatic heterocycles. The lowest BCUT2D eigenvalue weighted by Gasteiger charge is -2.35. The summed E-state index contributed by atoms with van der Waals surface area (Å²) in [6, 6.07) is 6.87. The van der Waals surface area contributed by atoms with E-state index in [4.69, 9.17) is 5.73 Å². The Balaban J connectivity index is 1.53. The summed E-state index contributed by atoms with van der Waals surface area (Å²) in [6.45, 7) is 5.34. The van der Waals surface area contributed by atoms with Gasteiger partial charge in [-0.3, -0.25) is 9.69 Å². The molecule has 0 bridgehead atoms. The van der Waals surface area contributed by atoms with E-state index in [1.165, 1.54) is 4.70 Å². The molecule has 3 N–H and O–H groups in total. The topological polar surface area (TPSA) is 91.6 Å². The second-order valence-corrected chi connectivity index (χ2v) is 7.02. The van der Waals surface area contributed by atoms with E-state index in [0.29, 0.717) is 13.1 Å². The number of para-hydroxylation sites is 1. The average Bonchev–Trinajstić information content (AvgIpc) is 2.96. The summed E-state index contributed by atoms with van der Waals surface area (Å²) in [7, 11) is 0. The molecule has 1 aromatic heterocycles. The summed E-state index contributed by atoms with van der Waals surface area (Å²) in [4.78, 5) is 31.8. The fourth-order valence-corrected chi connectivity index (χ4v) is 3.86. The van der Waals surface area contributed by atoms with Crippen LogP contribution in [0, 0.1) is 0 Å². The van der Waals surface area contributed by atoms with Gasteiger partial charge in [0.15, 0.2) is 0 Å². The zero-order chi connectivity index (χ0) is 17.1. The number of primary amides is 1. The Bertz CT molecular complexity index is 706. The molecule has 1 aromatic carbocycles. The minimum Gasteiger partial charge on any atom is -0.352 e. The number of nitrogens with one attached hydrogen (secondary N) is 1.